The molecule has 3 heterocycles. The van der Waals surface area contributed by atoms with Gasteiger partial charge in [-0.2, -0.15) is 0 Å². The first-order valence-electron chi connectivity index (χ1n) is 9.46. The molecule has 0 fully saturated rings. The molecule has 161 valence electrons. The first kappa shape index (κ1) is 23.1. The van der Waals surface area contributed by atoms with E-state index < -0.39 is 11.6 Å². The molecular weight excluding hydrogens is 587 g/mol. The topological polar surface area (TPSA) is 52.8 Å². The quantitative estimate of drug-likeness (QED) is 0.253. The third-order valence-electron chi connectivity index (χ3n) is 4.31. The molecule has 3 aromatic heterocycles. The van der Waals surface area contributed by atoms with Crippen LogP contribution in [-0.4, -0.2) is 15.1 Å². The monoisotopic (exact) mass is 603 g/mol. The Balaban J connectivity index is 0.000000178. The van der Waals surface area contributed by atoms with E-state index in [2.05, 4.69) is 26.2 Å². The molecule has 5 rings (SSSR count). The van der Waals surface area contributed by atoms with Gasteiger partial charge < -0.3 is 15.2 Å². The summed E-state index contributed by atoms with van der Waals surface area (Å²) in [6.07, 6.45) is 3.30. The summed E-state index contributed by atoms with van der Waals surface area (Å²) in [5.41, 5.74) is 4.25. The Bertz CT molecular complexity index is 1190. The van der Waals surface area contributed by atoms with Gasteiger partial charge in [-0.15, -0.1) is 12.1 Å². The Kier molecular flexibility index (Phi) is 8.08. The van der Waals surface area contributed by atoms with Crippen molar-refractivity contribution in [1.29, 1.82) is 0 Å². The first-order chi connectivity index (χ1) is 15.2. The summed E-state index contributed by atoms with van der Waals surface area (Å²) < 4.78 is 25.8. The van der Waals surface area contributed by atoms with Gasteiger partial charge in [-0.25, -0.2) is 0 Å². The molecule has 0 aliphatic heterocycles. The van der Waals surface area contributed by atoms with Crippen molar-refractivity contribution in [3.63, 3.8) is 0 Å². The van der Waals surface area contributed by atoms with Crippen LogP contribution in [0.4, 0.5) is 8.78 Å². The van der Waals surface area contributed by atoms with Crippen molar-refractivity contribution in [3.05, 3.63) is 115 Å². The molecule has 0 saturated heterocycles. The minimum absolute atomic E-state index is 0. The second kappa shape index (κ2) is 11.2. The number of halogens is 2. The van der Waals surface area contributed by atoms with E-state index in [1.54, 1.807) is 30.6 Å². The van der Waals surface area contributed by atoms with Crippen molar-refractivity contribution < 1.29 is 28.9 Å². The van der Waals surface area contributed by atoms with Crippen LogP contribution in [0.25, 0.3) is 33.9 Å². The summed E-state index contributed by atoms with van der Waals surface area (Å²) in [7, 11) is 0. The predicted molar refractivity (Wildman–Crippen MR) is 115 cm³/mol. The Morgan fingerprint density at radius 3 is 2.00 bits per heavy atom. The molecule has 5 aromatic rings. The predicted octanol–water partition coefficient (Wildman–Crippen LogP) is 5.59. The van der Waals surface area contributed by atoms with E-state index in [1.165, 1.54) is 0 Å². The molecule has 0 amide bonds. The van der Waals surface area contributed by atoms with Gasteiger partial charge in [-0.3, -0.25) is 13.8 Å². The van der Waals surface area contributed by atoms with Crippen LogP contribution in [-0.2, 0) is 20.1 Å². The number of benzene rings is 2. The molecule has 0 unspecified atom stereocenters. The average Bonchev–Trinajstić information content (AvgIpc) is 3.32. The third kappa shape index (κ3) is 5.78. The zero-order valence-corrected chi connectivity index (χ0v) is 19.0. The van der Waals surface area contributed by atoms with Crippen LogP contribution in [0.15, 0.2) is 97.3 Å². The maximum absolute atomic E-state index is 13.2. The van der Waals surface area contributed by atoms with E-state index in [4.69, 9.17) is 0 Å². The molecule has 0 aliphatic rings. The van der Waals surface area contributed by atoms with Crippen LogP contribution in [0.2, 0.25) is 0 Å². The third-order valence-corrected chi connectivity index (χ3v) is 4.31. The molecule has 1 radical (unpaired) electrons. The summed E-state index contributed by atoms with van der Waals surface area (Å²) in [4.78, 5) is 8.20. The minimum Gasteiger partial charge on any atom is -0.573 e. The van der Waals surface area contributed by atoms with Crippen LogP contribution >= 0.6 is 0 Å². The normalized spacial score (nSPS) is 9.94. The molecule has 0 atom stereocenters. The van der Waals surface area contributed by atoms with Gasteiger partial charge in [0.25, 0.3) is 0 Å². The second-order valence-electron chi connectivity index (χ2n) is 6.45. The van der Waals surface area contributed by atoms with Gasteiger partial charge in [0, 0.05) is 55.5 Å². The fraction of sp³-hybridized carbons (Fsp3) is 0. The Labute approximate surface area is 197 Å². The summed E-state index contributed by atoms with van der Waals surface area (Å²) in [6.45, 7) is 0. The zero-order valence-electron chi connectivity index (χ0n) is 16.6. The van der Waals surface area contributed by atoms with E-state index in [9.17, 15) is 8.78 Å². The molecular formula is C25H16F2IrN4-2. The zero-order chi connectivity index (χ0) is 21.5. The Morgan fingerprint density at radius 2 is 1.38 bits per heavy atom. The van der Waals surface area contributed by atoms with E-state index in [1.807, 2.05) is 54.6 Å². The van der Waals surface area contributed by atoms with Gasteiger partial charge in [0.2, 0.25) is 0 Å². The summed E-state index contributed by atoms with van der Waals surface area (Å²) >= 11 is 0. The van der Waals surface area contributed by atoms with Gasteiger partial charge in [-0.1, -0.05) is 65.9 Å². The summed E-state index contributed by atoms with van der Waals surface area (Å²) in [5, 5.41) is 8.32. The minimum atomic E-state index is -0.649. The van der Waals surface area contributed by atoms with Crippen LogP contribution in [0.5, 0.6) is 0 Å². The molecule has 4 nitrogen and oxygen atoms in total. The van der Waals surface area contributed by atoms with Crippen LogP contribution in [0.3, 0.4) is 0 Å². The molecule has 7 heteroatoms. The van der Waals surface area contributed by atoms with Crippen molar-refractivity contribution in [2.45, 2.75) is 0 Å². The van der Waals surface area contributed by atoms with E-state index in [-0.39, 0.29) is 25.7 Å². The average molecular weight is 603 g/mol. The molecule has 0 bridgehead atoms. The van der Waals surface area contributed by atoms with Gasteiger partial charge in [0.05, 0.1) is 0 Å². The van der Waals surface area contributed by atoms with Crippen molar-refractivity contribution in [1.82, 2.24) is 20.2 Å². The van der Waals surface area contributed by atoms with Crippen molar-refractivity contribution >= 4 is 0 Å². The van der Waals surface area contributed by atoms with Gasteiger partial charge in [0.1, 0.15) is 0 Å². The summed E-state index contributed by atoms with van der Waals surface area (Å²) in [6, 6.07) is 27.2. The second-order valence-corrected chi connectivity index (χ2v) is 6.45. The molecule has 0 spiro atoms. The summed E-state index contributed by atoms with van der Waals surface area (Å²) in [5.74, 6) is -1.29. The number of hydrogen-bond acceptors (Lipinski definition) is 3. The number of rotatable bonds is 3. The molecule has 0 saturated carbocycles. The van der Waals surface area contributed by atoms with Crippen molar-refractivity contribution in [2.24, 2.45) is 0 Å². The van der Waals surface area contributed by atoms with Crippen LogP contribution < -0.4 is 5.10 Å². The van der Waals surface area contributed by atoms with E-state index in [0.717, 1.165) is 34.8 Å². The van der Waals surface area contributed by atoms with E-state index in [0.29, 0.717) is 5.69 Å². The van der Waals surface area contributed by atoms with Gasteiger partial charge >= 0.3 is 0 Å². The number of aromatic nitrogens is 4. The standard InChI is InChI=1S/C14H10N3.C11H6F2N.Ir/c1-2-6-11(7-3-1)13-10-14(17-16-13)12-8-4-5-9-15-12;12-8-4-5-9(10(13)7-8)11-3-1-2-6-14-11;/h1-10H;1-4,6-7H;/q2*-1;. The fourth-order valence-electron chi connectivity index (χ4n) is 2.84. The number of hydrogen-bond donors (Lipinski definition) is 0. The van der Waals surface area contributed by atoms with E-state index >= 15 is 0 Å². The Morgan fingerprint density at radius 1 is 0.719 bits per heavy atom. The molecule has 32 heavy (non-hydrogen) atoms. The Hall–Kier alpha value is -3.54. The smallest absolute Gasteiger partial charge is 0.0494 e. The SMILES string of the molecule is Fc1c[c-]c(-c2ccccn2)c(F)c1.[Ir].c1ccc(-c2cc(-c3ccccn3)[n-]n2)cc1. The van der Waals surface area contributed by atoms with Crippen LogP contribution in [0, 0.1) is 17.7 Å². The number of nitrogens with zero attached hydrogens (tertiary/aromatic N) is 4. The first-order valence-corrected chi connectivity index (χ1v) is 9.46. The number of pyridine rings is 2. The molecule has 0 aliphatic carbocycles. The van der Waals surface area contributed by atoms with Crippen LogP contribution in [0.1, 0.15) is 0 Å². The van der Waals surface area contributed by atoms with Gasteiger partial charge in [0.15, 0.2) is 0 Å². The maximum atomic E-state index is 13.2. The molecule has 0 N–H and O–H groups in total. The largest absolute Gasteiger partial charge is 0.573 e. The maximum Gasteiger partial charge on any atom is 0.0494 e. The fourth-order valence-corrected chi connectivity index (χ4v) is 2.84. The van der Waals surface area contributed by atoms with Crippen molar-refractivity contribution in [2.75, 3.05) is 0 Å². The molecule has 2 aromatic carbocycles. The van der Waals surface area contributed by atoms with Gasteiger partial charge in [-0.05, 0) is 35.5 Å². The van der Waals surface area contributed by atoms with Crippen molar-refractivity contribution in [3.8, 4) is 33.9 Å².